The van der Waals surface area contributed by atoms with Gasteiger partial charge in [-0.25, -0.2) is 4.57 Å². The highest BCUT2D eigenvalue weighted by molar-refractivity contribution is 5.60. The highest BCUT2D eigenvalue weighted by Gasteiger charge is 2.11. The highest BCUT2D eigenvalue weighted by Crippen LogP contribution is 2.23. The van der Waals surface area contributed by atoms with Crippen molar-refractivity contribution in [2.75, 3.05) is 0 Å². The van der Waals surface area contributed by atoms with Crippen molar-refractivity contribution in [3.63, 3.8) is 0 Å². The minimum absolute atomic E-state index is 0.864. The summed E-state index contributed by atoms with van der Waals surface area (Å²) in [5.74, 6) is 0.864. The number of aromatic nitrogens is 2. The molecular formula is C11H13N2O+. The largest absolute Gasteiger partial charge is 0.356 e. The molecule has 0 bridgehead atoms. The molecule has 0 aliphatic carbocycles. The molecule has 2 aromatic heterocycles. The zero-order valence-corrected chi connectivity index (χ0v) is 8.61. The lowest BCUT2D eigenvalue weighted by molar-refractivity contribution is -0.671. The molecule has 3 nitrogen and oxygen atoms in total. The lowest BCUT2D eigenvalue weighted by atomic mass is 10.1. The summed E-state index contributed by atoms with van der Waals surface area (Å²) in [5, 5.41) is 3.93. The van der Waals surface area contributed by atoms with Gasteiger partial charge in [0.05, 0.1) is 5.69 Å². The highest BCUT2D eigenvalue weighted by atomic mass is 16.5. The van der Waals surface area contributed by atoms with Crippen LogP contribution in [0.2, 0.25) is 0 Å². The first-order chi connectivity index (χ1) is 6.68. The number of hydrogen-bond acceptors (Lipinski definition) is 2. The van der Waals surface area contributed by atoms with Crippen molar-refractivity contribution in [2.45, 2.75) is 13.8 Å². The van der Waals surface area contributed by atoms with Crippen LogP contribution in [0, 0.1) is 13.8 Å². The van der Waals surface area contributed by atoms with E-state index in [9.17, 15) is 0 Å². The normalized spacial score (nSPS) is 10.5. The van der Waals surface area contributed by atoms with Gasteiger partial charge < -0.3 is 4.52 Å². The van der Waals surface area contributed by atoms with E-state index in [2.05, 4.69) is 5.16 Å². The first-order valence-electron chi connectivity index (χ1n) is 4.57. The van der Waals surface area contributed by atoms with E-state index in [1.165, 1.54) is 0 Å². The molecule has 0 saturated carbocycles. The number of rotatable bonds is 1. The van der Waals surface area contributed by atoms with E-state index < -0.39 is 0 Å². The Hall–Kier alpha value is -1.64. The van der Waals surface area contributed by atoms with Gasteiger partial charge in [0.15, 0.2) is 18.2 Å². The van der Waals surface area contributed by atoms with Gasteiger partial charge in [-0.15, -0.1) is 0 Å². The molecule has 0 spiro atoms. The van der Waals surface area contributed by atoms with E-state index in [-0.39, 0.29) is 0 Å². The maximum absolute atomic E-state index is 5.26. The van der Waals surface area contributed by atoms with Crippen LogP contribution in [0.4, 0.5) is 0 Å². The van der Waals surface area contributed by atoms with Gasteiger partial charge in [-0.2, -0.15) is 0 Å². The van der Waals surface area contributed by atoms with Gasteiger partial charge in [0.1, 0.15) is 7.05 Å². The fourth-order valence-electron chi connectivity index (χ4n) is 1.34. The molecule has 0 atom stereocenters. The second kappa shape index (κ2) is 3.25. The molecule has 14 heavy (non-hydrogen) atoms. The first kappa shape index (κ1) is 8.94. The predicted molar refractivity (Wildman–Crippen MR) is 52.6 cm³/mol. The summed E-state index contributed by atoms with van der Waals surface area (Å²) in [6, 6.07) is 4.04. The van der Waals surface area contributed by atoms with Crippen molar-refractivity contribution in [1.29, 1.82) is 0 Å². The van der Waals surface area contributed by atoms with Crippen molar-refractivity contribution in [2.24, 2.45) is 7.05 Å². The van der Waals surface area contributed by atoms with Crippen LogP contribution in [0.25, 0.3) is 11.3 Å². The Bertz CT molecular complexity index is 443. The standard InChI is InChI=1S/C11H13N2O/c1-8-9(2)12-14-11(8)10-4-6-13(3)7-5-10/h4-7H,1-3H3/q+1. The molecule has 0 aliphatic rings. The van der Waals surface area contributed by atoms with E-state index in [1.807, 2.05) is 50.0 Å². The SMILES string of the molecule is Cc1noc(-c2cc[n+](C)cc2)c1C. The van der Waals surface area contributed by atoms with Crippen LogP contribution in [0.1, 0.15) is 11.3 Å². The monoisotopic (exact) mass is 189 g/mol. The molecule has 0 amide bonds. The Morgan fingerprint density at radius 2 is 1.86 bits per heavy atom. The molecule has 0 fully saturated rings. The van der Waals surface area contributed by atoms with Crippen molar-refractivity contribution in [1.82, 2.24) is 5.16 Å². The smallest absolute Gasteiger partial charge is 0.170 e. The van der Waals surface area contributed by atoms with Gasteiger partial charge in [0.2, 0.25) is 0 Å². The van der Waals surface area contributed by atoms with E-state index in [0.29, 0.717) is 0 Å². The van der Waals surface area contributed by atoms with Crippen LogP contribution >= 0.6 is 0 Å². The summed E-state index contributed by atoms with van der Waals surface area (Å²) in [5.41, 5.74) is 3.13. The average Bonchev–Trinajstić information content (AvgIpc) is 2.50. The fourth-order valence-corrected chi connectivity index (χ4v) is 1.34. The van der Waals surface area contributed by atoms with Crippen LogP contribution in [0.3, 0.4) is 0 Å². The maximum Gasteiger partial charge on any atom is 0.170 e. The molecule has 3 heteroatoms. The fraction of sp³-hybridized carbons (Fsp3) is 0.273. The quantitative estimate of drug-likeness (QED) is 0.640. The molecule has 0 aromatic carbocycles. The van der Waals surface area contributed by atoms with Crippen LogP contribution in [0.15, 0.2) is 29.0 Å². The summed E-state index contributed by atoms with van der Waals surface area (Å²) in [6.07, 6.45) is 3.99. The molecule has 2 aromatic rings. The predicted octanol–water partition coefficient (Wildman–Crippen LogP) is 1.78. The summed E-state index contributed by atoms with van der Waals surface area (Å²) < 4.78 is 7.25. The van der Waals surface area contributed by atoms with Crippen molar-refractivity contribution in [3.05, 3.63) is 35.8 Å². The van der Waals surface area contributed by atoms with Crippen LogP contribution in [-0.4, -0.2) is 5.16 Å². The first-order valence-corrected chi connectivity index (χ1v) is 4.57. The Labute approximate surface area is 83.0 Å². The van der Waals surface area contributed by atoms with Gasteiger partial charge in [-0.1, -0.05) is 5.16 Å². The van der Waals surface area contributed by atoms with Crippen molar-refractivity contribution in [3.8, 4) is 11.3 Å². The molecule has 0 aliphatic heterocycles. The summed E-state index contributed by atoms with van der Waals surface area (Å²) in [4.78, 5) is 0. The molecule has 2 heterocycles. The zero-order valence-electron chi connectivity index (χ0n) is 8.61. The Morgan fingerprint density at radius 1 is 1.21 bits per heavy atom. The average molecular weight is 189 g/mol. The number of nitrogens with zero attached hydrogens (tertiary/aromatic N) is 2. The third kappa shape index (κ3) is 1.41. The van der Waals surface area contributed by atoms with E-state index in [1.54, 1.807) is 0 Å². The van der Waals surface area contributed by atoms with Crippen LogP contribution in [0.5, 0.6) is 0 Å². The zero-order chi connectivity index (χ0) is 10.1. The lowest BCUT2D eigenvalue weighted by Crippen LogP contribution is -2.25. The van der Waals surface area contributed by atoms with E-state index >= 15 is 0 Å². The molecule has 0 N–H and O–H groups in total. The van der Waals surface area contributed by atoms with Crippen LogP contribution in [-0.2, 0) is 7.05 Å². The maximum atomic E-state index is 5.26. The van der Waals surface area contributed by atoms with Gasteiger partial charge in [-0.3, -0.25) is 0 Å². The lowest BCUT2D eigenvalue weighted by Gasteiger charge is -1.94. The molecule has 0 saturated heterocycles. The number of hydrogen-bond donors (Lipinski definition) is 0. The minimum atomic E-state index is 0.864. The summed E-state index contributed by atoms with van der Waals surface area (Å²) >= 11 is 0. The van der Waals surface area contributed by atoms with E-state index in [0.717, 1.165) is 22.6 Å². The Kier molecular flexibility index (Phi) is 2.08. The second-order valence-electron chi connectivity index (χ2n) is 3.47. The number of pyridine rings is 1. The molecule has 2 rings (SSSR count). The third-order valence-corrected chi connectivity index (χ3v) is 2.40. The summed E-state index contributed by atoms with van der Waals surface area (Å²) in [6.45, 7) is 3.97. The third-order valence-electron chi connectivity index (χ3n) is 2.40. The summed E-state index contributed by atoms with van der Waals surface area (Å²) in [7, 11) is 1.99. The molecule has 0 radical (unpaired) electrons. The van der Waals surface area contributed by atoms with Crippen LogP contribution < -0.4 is 4.57 Å². The Balaban J connectivity index is 2.49. The Morgan fingerprint density at radius 3 is 2.36 bits per heavy atom. The second-order valence-corrected chi connectivity index (χ2v) is 3.47. The topological polar surface area (TPSA) is 29.9 Å². The molecule has 0 unspecified atom stereocenters. The van der Waals surface area contributed by atoms with Crippen molar-refractivity contribution >= 4 is 0 Å². The van der Waals surface area contributed by atoms with Gasteiger partial charge >= 0.3 is 0 Å². The molecule has 72 valence electrons. The number of aryl methyl sites for hydroxylation is 2. The van der Waals surface area contributed by atoms with Gasteiger partial charge in [0.25, 0.3) is 0 Å². The van der Waals surface area contributed by atoms with E-state index in [4.69, 9.17) is 4.52 Å². The molecular weight excluding hydrogens is 176 g/mol. The van der Waals surface area contributed by atoms with Crippen molar-refractivity contribution < 1.29 is 9.09 Å². The minimum Gasteiger partial charge on any atom is -0.356 e. The van der Waals surface area contributed by atoms with Gasteiger partial charge in [0, 0.05) is 23.3 Å². The van der Waals surface area contributed by atoms with Gasteiger partial charge in [-0.05, 0) is 13.8 Å².